The minimum atomic E-state index is -0.228. The SMILES string of the molecule is C/C(CCc1ccccc1)=N/NC(=O)c1ccc(N)cc1. The Hall–Kier alpha value is -2.62. The lowest BCUT2D eigenvalue weighted by Crippen LogP contribution is -2.19. The molecule has 108 valence electrons. The molecule has 0 spiro atoms. The highest BCUT2D eigenvalue weighted by Gasteiger charge is 2.03. The van der Waals surface area contributed by atoms with Gasteiger partial charge >= 0.3 is 0 Å². The molecule has 0 aromatic heterocycles. The lowest BCUT2D eigenvalue weighted by atomic mass is 10.1. The van der Waals surface area contributed by atoms with Gasteiger partial charge in [-0.15, -0.1) is 0 Å². The minimum absolute atomic E-state index is 0.228. The van der Waals surface area contributed by atoms with Crippen LogP contribution >= 0.6 is 0 Å². The van der Waals surface area contributed by atoms with Gasteiger partial charge in [-0.1, -0.05) is 30.3 Å². The van der Waals surface area contributed by atoms with E-state index in [4.69, 9.17) is 5.73 Å². The van der Waals surface area contributed by atoms with E-state index in [2.05, 4.69) is 22.7 Å². The van der Waals surface area contributed by atoms with Gasteiger partial charge in [0.05, 0.1) is 0 Å². The lowest BCUT2D eigenvalue weighted by molar-refractivity contribution is 0.0954. The number of benzene rings is 2. The summed E-state index contributed by atoms with van der Waals surface area (Å²) in [4.78, 5) is 11.9. The summed E-state index contributed by atoms with van der Waals surface area (Å²) >= 11 is 0. The van der Waals surface area contributed by atoms with Crippen LogP contribution in [0.4, 0.5) is 5.69 Å². The molecule has 0 aliphatic heterocycles. The summed E-state index contributed by atoms with van der Waals surface area (Å²) in [5.41, 5.74) is 11.5. The molecular formula is C17H19N3O. The van der Waals surface area contributed by atoms with Gasteiger partial charge in [-0.3, -0.25) is 4.79 Å². The van der Waals surface area contributed by atoms with Crippen LogP contribution in [0.1, 0.15) is 29.3 Å². The van der Waals surface area contributed by atoms with Crippen molar-refractivity contribution in [3.8, 4) is 0 Å². The maximum atomic E-state index is 11.9. The van der Waals surface area contributed by atoms with Gasteiger partial charge < -0.3 is 5.73 Å². The summed E-state index contributed by atoms with van der Waals surface area (Å²) in [6.45, 7) is 1.91. The maximum Gasteiger partial charge on any atom is 0.271 e. The molecule has 4 nitrogen and oxygen atoms in total. The second kappa shape index (κ2) is 7.24. The third-order valence-corrected chi connectivity index (χ3v) is 3.14. The van der Waals surface area contributed by atoms with Crippen molar-refractivity contribution in [1.29, 1.82) is 0 Å². The fourth-order valence-electron chi connectivity index (χ4n) is 1.87. The van der Waals surface area contributed by atoms with E-state index in [1.54, 1.807) is 24.3 Å². The number of anilines is 1. The lowest BCUT2D eigenvalue weighted by Gasteiger charge is -2.04. The Morgan fingerprint density at radius 3 is 2.43 bits per heavy atom. The van der Waals surface area contributed by atoms with Crippen LogP contribution in [0.2, 0.25) is 0 Å². The van der Waals surface area contributed by atoms with Crippen LogP contribution in [0.5, 0.6) is 0 Å². The standard InChI is InChI=1S/C17H19N3O/c1-13(7-8-14-5-3-2-4-6-14)19-20-17(21)15-9-11-16(18)12-10-15/h2-6,9-12H,7-8,18H2,1H3,(H,20,21)/b19-13-. The van der Waals surface area contributed by atoms with Gasteiger partial charge in [0.15, 0.2) is 0 Å². The van der Waals surface area contributed by atoms with E-state index in [1.807, 2.05) is 25.1 Å². The largest absolute Gasteiger partial charge is 0.399 e. The highest BCUT2D eigenvalue weighted by atomic mass is 16.2. The number of rotatable bonds is 5. The van der Waals surface area contributed by atoms with Crippen LogP contribution in [0, 0.1) is 0 Å². The summed E-state index contributed by atoms with van der Waals surface area (Å²) < 4.78 is 0. The predicted molar refractivity (Wildman–Crippen MR) is 86.2 cm³/mol. The van der Waals surface area contributed by atoms with Gasteiger partial charge in [0.2, 0.25) is 0 Å². The Morgan fingerprint density at radius 2 is 1.76 bits per heavy atom. The molecule has 0 atom stereocenters. The summed E-state index contributed by atoms with van der Waals surface area (Å²) in [6, 6.07) is 17.0. The third kappa shape index (κ3) is 4.76. The molecule has 4 heteroatoms. The zero-order chi connectivity index (χ0) is 15.1. The van der Waals surface area contributed by atoms with Gasteiger partial charge in [-0.2, -0.15) is 5.10 Å². The Kier molecular flexibility index (Phi) is 5.10. The number of amides is 1. The quantitative estimate of drug-likeness (QED) is 0.502. The van der Waals surface area contributed by atoms with E-state index in [1.165, 1.54) is 5.56 Å². The first-order valence-corrected chi connectivity index (χ1v) is 6.88. The topological polar surface area (TPSA) is 67.5 Å². The molecule has 2 aromatic rings. The van der Waals surface area contributed by atoms with Crippen LogP contribution in [0.15, 0.2) is 59.7 Å². The van der Waals surface area contributed by atoms with Crippen molar-refractivity contribution in [2.45, 2.75) is 19.8 Å². The van der Waals surface area contributed by atoms with Crippen LogP contribution in [-0.4, -0.2) is 11.6 Å². The van der Waals surface area contributed by atoms with Crippen molar-refractivity contribution in [2.75, 3.05) is 5.73 Å². The number of carbonyl (C=O) groups is 1. The molecule has 0 radical (unpaired) electrons. The number of nitrogen functional groups attached to an aromatic ring is 1. The number of aryl methyl sites for hydroxylation is 1. The van der Waals surface area contributed by atoms with Gasteiger partial charge in [-0.05, 0) is 49.6 Å². The van der Waals surface area contributed by atoms with Gasteiger partial charge in [-0.25, -0.2) is 5.43 Å². The van der Waals surface area contributed by atoms with E-state index in [-0.39, 0.29) is 5.91 Å². The fourth-order valence-corrected chi connectivity index (χ4v) is 1.87. The van der Waals surface area contributed by atoms with Crippen LogP contribution in [-0.2, 0) is 6.42 Å². The average Bonchev–Trinajstić information content (AvgIpc) is 2.52. The minimum Gasteiger partial charge on any atom is -0.399 e. The van der Waals surface area contributed by atoms with Crippen LogP contribution in [0.3, 0.4) is 0 Å². The van der Waals surface area contributed by atoms with E-state index in [9.17, 15) is 4.79 Å². The van der Waals surface area contributed by atoms with Crippen molar-refractivity contribution in [3.63, 3.8) is 0 Å². The monoisotopic (exact) mass is 281 g/mol. The first-order chi connectivity index (χ1) is 10.1. The third-order valence-electron chi connectivity index (χ3n) is 3.14. The molecule has 0 aliphatic rings. The molecule has 0 unspecified atom stereocenters. The molecule has 0 aliphatic carbocycles. The summed E-state index contributed by atoms with van der Waals surface area (Å²) in [7, 11) is 0. The molecule has 0 saturated heterocycles. The number of hydrogen-bond donors (Lipinski definition) is 2. The molecule has 0 fully saturated rings. The Balaban J connectivity index is 1.85. The molecule has 3 N–H and O–H groups in total. The highest BCUT2D eigenvalue weighted by molar-refractivity contribution is 5.95. The molecule has 0 bridgehead atoms. The molecule has 2 rings (SSSR count). The van der Waals surface area contributed by atoms with Crippen molar-refractivity contribution in [2.24, 2.45) is 5.10 Å². The van der Waals surface area contributed by atoms with E-state index in [0.717, 1.165) is 18.6 Å². The van der Waals surface area contributed by atoms with E-state index >= 15 is 0 Å². The summed E-state index contributed by atoms with van der Waals surface area (Å²) in [5, 5.41) is 4.12. The number of carbonyl (C=O) groups excluding carboxylic acids is 1. The molecule has 0 heterocycles. The Bertz CT molecular complexity index is 618. The van der Waals surface area contributed by atoms with Gasteiger partial charge in [0, 0.05) is 17.0 Å². The van der Waals surface area contributed by atoms with Crippen molar-refractivity contribution >= 4 is 17.3 Å². The highest BCUT2D eigenvalue weighted by Crippen LogP contribution is 2.06. The first-order valence-electron chi connectivity index (χ1n) is 6.88. The smallest absolute Gasteiger partial charge is 0.271 e. The number of nitrogens with zero attached hydrogens (tertiary/aromatic N) is 1. The normalized spacial score (nSPS) is 11.2. The van der Waals surface area contributed by atoms with Gasteiger partial charge in [0.25, 0.3) is 5.91 Å². The van der Waals surface area contributed by atoms with Crippen molar-refractivity contribution < 1.29 is 4.79 Å². The van der Waals surface area contributed by atoms with E-state index < -0.39 is 0 Å². The number of hydrogen-bond acceptors (Lipinski definition) is 3. The fraction of sp³-hybridized carbons (Fsp3) is 0.176. The zero-order valence-corrected chi connectivity index (χ0v) is 12.0. The Morgan fingerprint density at radius 1 is 1.10 bits per heavy atom. The van der Waals surface area contributed by atoms with Crippen molar-refractivity contribution in [3.05, 3.63) is 65.7 Å². The number of nitrogens with two attached hydrogens (primary N) is 1. The van der Waals surface area contributed by atoms with Gasteiger partial charge in [0.1, 0.15) is 0 Å². The molecular weight excluding hydrogens is 262 g/mol. The predicted octanol–water partition coefficient (Wildman–Crippen LogP) is 3.01. The van der Waals surface area contributed by atoms with E-state index in [0.29, 0.717) is 11.3 Å². The molecule has 0 saturated carbocycles. The molecule has 21 heavy (non-hydrogen) atoms. The van der Waals surface area contributed by atoms with Crippen LogP contribution < -0.4 is 11.2 Å². The molecule has 1 amide bonds. The second-order valence-electron chi connectivity index (χ2n) is 4.90. The maximum absolute atomic E-state index is 11.9. The second-order valence-corrected chi connectivity index (χ2v) is 4.90. The van der Waals surface area contributed by atoms with Crippen molar-refractivity contribution in [1.82, 2.24) is 5.43 Å². The zero-order valence-electron chi connectivity index (χ0n) is 12.0. The number of hydrazone groups is 1. The molecule has 2 aromatic carbocycles. The first kappa shape index (κ1) is 14.8. The summed E-state index contributed by atoms with van der Waals surface area (Å²) in [5.74, 6) is -0.228. The average molecular weight is 281 g/mol. The number of nitrogens with one attached hydrogen (secondary N) is 1. The summed E-state index contributed by atoms with van der Waals surface area (Å²) in [6.07, 6.45) is 1.72. The van der Waals surface area contributed by atoms with Crippen LogP contribution in [0.25, 0.3) is 0 Å². The Labute approximate surface area is 124 Å².